The number of aromatic amines is 1. The maximum atomic E-state index is 9.02. The van der Waals surface area contributed by atoms with E-state index in [1.165, 1.54) is 0 Å². The van der Waals surface area contributed by atoms with E-state index in [1.54, 1.807) is 18.5 Å². The molecule has 0 aromatic carbocycles. The summed E-state index contributed by atoms with van der Waals surface area (Å²) in [6.45, 7) is 0. The van der Waals surface area contributed by atoms with Gasteiger partial charge in [-0.2, -0.15) is 5.26 Å². The molecule has 3 nitrogen and oxygen atoms in total. The molecule has 0 radical (unpaired) electrons. The monoisotopic (exact) mass is 195 g/mol. The van der Waals surface area contributed by atoms with Gasteiger partial charge in [-0.3, -0.25) is 4.98 Å². The van der Waals surface area contributed by atoms with Gasteiger partial charge in [0.05, 0.1) is 11.6 Å². The number of hydrogen-bond acceptors (Lipinski definition) is 2. The van der Waals surface area contributed by atoms with Gasteiger partial charge in [0, 0.05) is 29.8 Å². The summed E-state index contributed by atoms with van der Waals surface area (Å²) in [5, 5.41) is 9.02. The Balaban J connectivity index is 2.38. The number of nitrogens with zero attached hydrogens (tertiary/aromatic N) is 2. The van der Waals surface area contributed by atoms with Crippen LogP contribution in [0.4, 0.5) is 0 Å². The Bertz CT molecular complexity index is 489. The third kappa shape index (κ3) is 2.12. The van der Waals surface area contributed by atoms with Gasteiger partial charge in [-0.05, 0) is 24.3 Å². The Kier molecular flexibility index (Phi) is 2.61. The quantitative estimate of drug-likeness (QED) is 0.748. The highest BCUT2D eigenvalue weighted by Crippen LogP contribution is 2.15. The summed E-state index contributed by atoms with van der Waals surface area (Å²) >= 11 is 0. The molecule has 0 aliphatic rings. The van der Waals surface area contributed by atoms with Crippen molar-refractivity contribution in [2.45, 2.75) is 0 Å². The van der Waals surface area contributed by atoms with E-state index in [2.05, 4.69) is 16.0 Å². The first-order valence-electron chi connectivity index (χ1n) is 4.56. The second-order valence-corrected chi connectivity index (χ2v) is 3.04. The Morgan fingerprint density at radius 3 is 2.93 bits per heavy atom. The molecule has 3 heteroatoms. The molecule has 0 fully saturated rings. The predicted octanol–water partition coefficient (Wildman–Crippen LogP) is 2.47. The van der Waals surface area contributed by atoms with Gasteiger partial charge < -0.3 is 4.98 Å². The molecule has 2 aromatic rings. The van der Waals surface area contributed by atoms with Crippen molar-refractivity contribution >= 4 is 11.6 Å². The van der Waals surface area contributed by atoms with Crippen LogP contribution >= 0.6 is 0 Å². The molecule has 0 bridgehead atoms. The van der Waals surface area contributed by atoms with Crippen LogP contribution in [0.5, 0.6) is 0 Å². The van der Waals surface area contributed by atoms with Crippen LogP contribution in [0, 0.1) is 11.3 Å². The first kappa shape index (κ1) is 9.22. The molecular weight excluding hydrogens is 186 g/mol. The lowest BCUT2D eigenvalue weighted by Crippen LogP contribution is -1.82. The van der Waals surface area contributed by atoms with Gasteiger partial charge in [0.15, 0.2) is 0 Å². The van der Waals surface area contributed by atoms with E-state index in [4.69, 9.17) is 5.26 Å². The first-order valence-corrected chi connectivity index (χ1v) is 4.56. The van der Waals surface area contributed by atoms with Gasteiger partial charge in [-0.1, -0.05) is 6.07 Å². The van der Waals surface area contributed by atoms with Crippen LogP contribution in [0.25, 0.3) is 11.6 Å². The van der Waals surface area contributed by atoms with Crippen LogP contribution in [0.3, 0.4) is 0 Å². The van der Waals surface area contributed by atoms with Crippen LogP contribution < -0.4 is 0 Å². The molecule has 2 rings (SSSR count). The molecule has 0 atom stereocenters. The lowest BCUT2D eigenvalue weighted by atomic mass is 10.1. The first-order chi connectivity index (χ1) is 7.40. The summed E-state index contributed by atoms with van der Waals surface area (Å²) in [6, 6.07) is 9.64. The fourth-order valence-electron chi connectivity index (χ4n) is 1.29. The lowest BCUT2D eigenvalue weighted by Gasteiger charge is -1.96. The average Bonchev–Trinajstić information content (AvgIpc) is 2.80. The number of rotatable bonds is 2. The SMILES string of the molecule is N#C/C(=C\c1ccc[nH]1)c1cccnc1. The second-order valence-electron chi connectivity index (χ2n) is 3.04. The highest BCUT2D eigenvalue weighted by molar-refractivity contribution is 5.88. The number of allylic oxidation sites excluding steroid dienone is 1. The lowest BCUT2D eigenvalue weighted by molar-refractivity contribution is 1.31. The van der Waals surface area contributed by atoms with E-state index >= 15 is 0 Å². The number of hydrogen-bond donors (Lipinski definition) is 1. The number of aromatic nitrogens is 2. The van der Waals surface area contributed by atoms with E-state index in [0.29, 0.717) is 5.57 Å². The largest absolute Gasteiger partial charge is 0.362 e. The van der Waals surface area contributed by atoms with Gasteiger partial charge in [-0.15, -0.1) is 0 Å². The van der Waals surface area contributed by atoms with E-state index in [-0.39, 0.29) is 0 Å². The normalized spacial score (nSPS) is 11.0. The van der Waals surface area contributed by atoms with Crippen LogP contribution in [-0.2, 0) is 0 Å². The fourth-order valence-corrected chi connectivity index (χ4v) is 1.29. The van der Waals surface area contributed by atoms with E-state index in [9.17, 15) is 0 Å². The molecule has 2 aromatic heterocycles. The Labute approximate surface area is 87.7 Å². The molecule has 0 saturated heterocycles. The van der Waals surface area contributed by atoms with Crippen molar-refractivity contribution in [1.82, 2.24) is 9.97 Å². The number of H-pyrrole nitrogens is 1. The van der Waals surface area contributed by atoms with Crippen LogP contribution in [0.15, 0.2) is 42.9 Å². The van der Waals surface area contributed by atoms with Crippen molar-refractivity contribution in [2.75, 3.05) is 0 Å². The second kappa shape index (κ2) is 4.25. The molecule has 0 aliphatic carbocycles. The molecular formula is C12H9N3. The maximum absolute atomic E-state index is 9.02. The summed E-state index contributed by atoms with van der Waals surface area (Å²) in [5.74, 6) is 0. The van der Waals surface area contributed by atoms with Gasteiger partial charge in [0.2, 0.25) is 0 Å². The Morgan fingerprint density at radius 2 is 2.33 bits per heavy atom. The summed E-state index contributed by atoms with van der Waals surface area (Å²) in [7, 11) is 0. The molecule has 0 aliphatic heterocycles. The highest BCUT2D eigenvalue weighted by atomic mass is 14.7. The third-order valence-electron chi connectivity index (χ3n) is 2.01. The zero-order valence-electron chi connectivity index (χ0n) is 8.01. The molecule has 0 amide bonds. The summed E-state index contributed by atoms with van der Waals surface area (Å²) < 4.78 is 0. The van der Waals surface area contributed by atoms with Crippen molar-refractivity contribution in [3.05, 3.63) is 54.1 Å². The van der Waals surface area contributed by atoms with Crippen molar-refractivity contribution in [2.24, 2.45) is 0 Å². The molecule has 0 saturated carbocycles. The van der Waals surface area contributed by atoms with Crippen molar-refractivity contribution < 1.29 is 0 Å². The zero-order valence-corrected chi connectivity index (χ0v) is 8.01. The molecule has 0 spiro atoms. The predicted molar refractivity (Wildman–Crippen MR) is 58.5 cm³/mol. The highest BCUT2D eigenvalue weighted by Gasteiger charge is 2.00. The van der Waals surface area contributed by atoms with Crippen LogP contribution in [-0.4, -0.2) is 9.97 Å². The van der Waals surface area contributed by atoms with Crippen LogP contribution in [0.2, 0.25) is 0 Å². The van der Waals surface area contributed by atoms with E-state index < -0.39 is 0 Å². The topological polar surface area (TPSA) is 52.5 Å². The van der Waals surface area contributed by atoms with E-state index in [0.717, 1.165) is 11.3 Å². The van der Waals surface area contributed by atoms with E-state index in [1.807, 2.05) is 30.5 Å². The van der Waals surface area contributed by atoms with Gasteiger partial charge in [0.1, 0.15) is 0 Å². The third-order valence-corrected chi connectivity index (χ3v) is 2.01. The minimum atomic E-state index is 0.602. The van der Waals surface area contributed by atoms with Gasteiger partial charge in [0.25, 0.3) is 0 Å². The summed E-state index contributed by atoms with van der Waals surface area (Å²) in [5.41, 5.74) is 2.34. The van der Waals surface area contributed by atoms with Crippen molar-refractivity contribution in [3.63, 3.8) is 0 Å². The summed E-state index contributed by atoms with van der Waals surface area (Å²) in [6.07, 6.45) is 6.99. The maximum Gasteiger partial charge on any atom is 0.0999 e. The van der Waals surface area contributed by atoms with Gasteiger partial charge >= 0.3 is 0 Å². The molecule has 0 unspecified atom stereocenters. The molecule has 1 N–H and O–H groups in total. The van der Waals surface area contributed by atoms with Crippen LogP contribution in [0.1, 0.15) is 11.3 Å². The van der Waals surface area contributed by atoms with Crippen molar-refractivity contribution in [3.8, 4) is 6.07 Å². The minimum absolute atomic E-state index is 0.602. The standard InChI is InChI=1S/C12H9N3/c13-8-11(7-12-4-2-6-15-12)10-3-1-5-14-9-10/h1-7,9,15H/b11-7+. The Hall–Kier alpha value is -2.34. The average molecular weight is 195 g/mol. The van der Waals surface area contributed by atoms with Gasteiger partial charge in [-0.25, -0.2) is 0 Å². The fraction of sp³-hybridized carbons (Fsp3) is 0. The number of pyridine rings is 1. The molecule has 2 heterocycles. The molecule has 72 valence electrons. The molecule has 15 heavy (non-hydrogen) atoms. The Morgan fingerprint density at radius 1 is 1.40 bits per heavy atom. The number of nitriles is 1. The smallest absolute Gasteiger partial charge is 0.0999 e. The van der Waals surface area contributed by atoms with Crippen molar-refractivity contribution in [1.29, 1.82) is 5.26 Å². The number of nitrogens with one attached hydrogen (secondary N) is 1. The zero-order chi connectivity index (χ0) is 10.5. The minimum Gasteiger partial charge on any atom is -0.362 e. The summed E-state index contributed by atoms with van der Waals surface area (Å²) in [4.78, 5) is 7.00.